The maximum atomic E-state index is 5.22. The molecule has 1 aromatic carbocycles. The normalized spacial score (nSPS) is 9.12. The minimum absolute atomic E-state index is 1.06. The Morgan fingerprint density at radius 2 is 1.75 bits per heavy atom. The third kappa shape index (κ3) is 1.07. The molecule has 0 amide bonds. The predicted octanol–water partition coefficient (Wildman–Crippen LogP) is 1.16. The van der Waals surface area contributed by atoms with Crippen LogP contribution < -0.4 is 5.73 Å². The van der Waals surface area contributed by atoms with E-state index >= 15 is 0 Å². The maximum absolute atomic E-state index is 5.22. The van der Waals surface area contributed by atoms with Crippen LogP contribution >= 0.6 is 0 Å². The Hall–Kier alpha value is -0.820. The predicted molar refractivity (Wildman–Crippen MR) is 34.0 cm³/mol. The summed E-state index contributed by atoms with van der Waals surface area (Å²) in [5.74, 6) is 0. The molecule has 41 valence electrons. The molecule has 0 aliphatic carbocycles. The first-order valence-corrected chi connectivity index (χ1v) is 2.53. The van der Waals surface area contributed by atoms with Crippen molar-refractivity contribution < 1.29 is 0 Å². The van der Waals surface area contributed by atoms with Crippen LogP contribution in [0.5, 0.6) is 0 Å². The van der Waals surface area contributed by atoms with Gasteiger partial charge in [-0.3, -0.25) is 0 Å². The van der Waals surface area contributed by atoms with Gasteiger partial charge in [0.25, 0.3) is 0 Å². The molecule has 0 aromatic heterocycles. The van der Waals surface area contributed by atoms with Crippen molar-refractivity contribution in [2.75, 3.05) is 0 Å². The number of nitrogens with two attached hydrogens (primary N) is 1. The van der Waals surface area contributed by atoms with E-state index in [-0.39, 0.29) is 0 Å². The fourth-order valence-electron chi connectivity index (χ4n) is 0.564. The molecular formula is C7H8N. The van der Waals surface area contributed by atoms with Gasteiger partial charge >= 0.3 is 0 Å². The first-order chi connectivity index (χ1) is 3.93. The minimum atomic E-state index is 1.06. The second-order valence-corrected chi connectivity index (χ2v) is 1.58. The van der Waals surface area contributed by atoms with Crippen LogP contribution in [0.15, 0.2) is 30.3 Å². The SMILES string of the molecule is N[CH]c1ccccc1. The topological polar surface area (TPSA) is 26.0 Å². The molecule has 0 bridgehead atoms. The molecule has 0 heterocycles. The number of rotatable bonds is 1. The summed E-state index contributed by atoms with van der Waals surface area (Å²) in [6, 6.07) is 9.80. The molecule has 0 fully saturated rings. The van der Waals surface area contributed by atoms with E-state index in [9.17, 15) is 0 Å². The van der Waals surface area contributed by atoms with E-state index in [4.69, 9.17) is 5.73 Å². The third-order valence-corrected chi connectivity index (χ3v) is 0.992. The van der Waals surface area contributed by atoms with Gasteiger partial charge in [-0.1, -0.05) is 30.3 Å². The molecule has 0 aliphatic rings. The highest BCUT2D eigenvalue weighted by Gasteiger charge is 1.80. The van der Waals surface area contributed by atoms with Crippen LogP contribution in [-0.2, 0) is 0 Å². The standard InChI is InChI=1S/C7H8N/c8-6-7-4-2-1-3-5-7/h1-6H,8H2. The van der Waals surface area contributed by atoms with Crippen LogP contribution in [0.4, 0.5) is 0 Å². The van der Waals surface area contributed by atoms with E-state index in [1.165, 1.54) is 0 Å². The summed E-state index contributed by atoms with van der Waals surface area (Å²) in [6.07, 6.45) is 0. The molecule has 1 radical (unpaired) electrons. The lowest BCUT2D eigenvalue weighted by molar-refractivity contribution is 1.35. The summed E-state index contributed by atoms with van der Waals surface area (Å²) in [5, 5.41) is 0. The van der Waals surface area contributed by atoms with Gasteiger partial charge in [-0.05, 0) is 5.56 Å². The average molecular weight is 106 g/mol. The van der Waals surface area contributed by atoms with Crippen molar-refractivity contribution in [1.82, 2.24) is 0 Å². The van der Waals surface area contributed by atoms with E-state index in [1.54, 1.807) is 6.54 Å². The van der Waals surface area contributed by atoms with Crippen LogP contribution in [-0.4, -0.2) is 0 Å². The zero-order chi connectivity index (χ0) is 5.82. The Kier molecular flexibility index (Phi) is 1.65. The van der Waals surface area contributed by atoms with E-state index < -0.39 is 0 Å². The molecular weight excluding hydrogens is 98.1 g/mol. The molecule has 0 saturated carbocycles. The zero-order valence-electron chi connectivity index (χ0n) is 4.54. The lowest BCUT2D eigenvalue weighted by Gasteiger charge is -1.89. The van der Waals surface area contributed by atoms with Crippen molar-refractivity contribution in [3.05, 3.63) is 42.4 Å². The van der Waals surface area contributed by atoms with Crippen molar-refractivity contribution in [2.24, 2.45) is 5.73 Å². The highest BCUT2D eigenvalue weighted by Crippen LogP contribution is 1.95. The van der Waals surface area contributed by atoms with Crippen molar-refractivity contribution in [1.29, 1.82) is 0 Å². The second kappa shape index (κ2) is 2.48. The fraction of sp³-hybridized carbons (Fsp3) is 0. The smallest absolute Gasteiger partial charge is 0.0491 e. The van der Waals surface area contributed by atoms with Crippen molar-refractivity contribution in [2.45, 2.75) is 0 Å². The van der Waals surface area contributed by atoms with Gasteiger partial charge in [0, 0.05) is 6.54 Å². The van der Waals surface area contributed by atoms with Crippen molar-refractivity contribution >= 4 is 0 Å². The molecule has 0 atom stereocenters. The zero-order valence-corrected chi connectivity index (χ0v) is 4.54. The van der Waals surface area contributed by atoms with Crippen molar-refractivity contribution in [3.8, 4) is 0 Å². The first kappa shape index (κ1) is 5.32. The molecule has 0 aliphatic heterocycles. The van der Waals surface area contributed by atoms with Gasteiger partial charge in [0.15, 0.2) is 0 Å². The molecule has 1 nitrogen and oxygen atoms in total. The van der Waals surface area contributed by atoms with Crippen LogP contribution in [0.2, 0.25) is 0 Å². The van der Waals surface area contributed by atoms with Gasteiger partial charge in [-0.25, -0.2) is 0 Å². The highest BCUT2D eigenvalue weighted by molar-refractivity contribution is 5.20. The summed E-state index contributed by atoms with van der Waals surface area (Å²) < 4.78 is 0. The Morgan fingerprint density at radius 3 is 2.12 bits per heavy atom. The third-order valence-electron chi connectivity index (χ3n) is 0.992. The molecule has 1 aromatic rings. The number of hydrogen-bond donors (Lipinski definition) is 1. The largest absolute Gasteiger partial charge is 0.322 e. The van der Waals surface area contributed by atoms with E-state index in [0.29, 0.717) is 0 Å². The lowest BCUT2D eigenvalue weighted by Crippen LogP contribution is -1.90. The van der Waals surface area contributed by atoms with Crippen molar-refractivity contribution in [3.63, 3.8) is 0 Å². The van der Waals surface area contributed by atoms with E-state index in [2.05, 4.69) is 0 Å². The molecule has 8 heavy (non-hydrogen) atoms. The summed E-state index contributed by atoms with van der Waals surface area (Å²) in [6.45, 7) is 1.58. The van der Waals surface area contributed by atoms with E-state index in [0.717, 1.165) is 5.56 Å². The van der Waals surface area contributed by atoms with Crippen LogP contribution in [0.1, 0.15) is 5.56 Å². The van der Waals surface area contributed by atoms with Crippen LogP contribution in [0.3, 0.4) is 0 Å². The quantitative estimate of drug-likeness (QED) is 0.571. The summed E-state index contributed by atoms with van der Waals surface area (Å²) in [4.78, 5) is 0. The molecule has 0 spiro atoms. The molecule has 0 unspecified atom stereocenters. The number of benzene rings is 1. The van der Waals surface area contributed by atoms with E-state index in [1.807, 2.05) is 30.3 Å². The summed E-state index contributed by atoms with van der Waals surface area (Å²) in [5.41, 5.74) is 6.29. The van der Waals surface area contributed by atoms with Gasteiger partial charge < -0.3 is 5.73 Å². The van der Waals surface area contributed by atoms with Crippen LogP contribution in [0.25, 0.3) is 0 Å². The van der Waals surface area contributed by atoms with Gasteiger partial charge in [0.2, 0.25) is 0 Å². The summed E-state index contributed by atoms with van der Waals surface area (Å²) in [7, 11) is 0. The Balaban J connectivity index is 2.83. The van der Waals surface area contributed by atoms with Gasteiger partial charge in [-0.15, -0.1) is 0 Å². The molecule has 0 saturated heterocycles. The number of hydrogen-bond acceptors (Lipinski definition) is 1. The lowest BCUT2D eigenvalue weighted by atomic mass is 10.2. The molecule has 1 rings (SSSR count). The van der Waals surface area contributed by atoms with Gasteiger partial charge in [0.1, 0.15) is 0 Å². The minimum Gasteiger partial charge on any atom is -0.322 e. The Morgan fingerprint density at radius 1 is 1.12 bits per heavy atom. The Labute approximate surface area is 49.1 Å². The van der Waals surface area contributed by atoms with Crippen LogP contribution in [0, 0.1) is 6.54 Å². The molecule has 2 N–H and O–H groups in total. The first-order valence-electron chi connectivity index (χ1n) is 2.53. The van der Waals surface area contributed by atoms with Gasteiger partial charge in [0.05, 0.1) is 0 Å². The maximum Gasteiger partial charge on any atom is 0.0491 e. The fourth-order valence-corrected chi connectivity index (χ4v) is 0.564. The summed E-state index contributed by atoms with van der Waals surface area (Å²) >= 11 is 0. The average Bonchev–Trinajstić information content (AvgIpc) is 1.90. The van der Waals surface area contributed by atoms with Gasteiger partial charge in [-0.2, -0.15) is 0 Å². The Bertz CT molecular complexity index is 146. The monoisotopic (exact) mass is 106 g/mol. The second-order valence-electron chi connectivity index (χ2n) is 1.58. The molecule has 1 heteroatoms. The highest BCUT2D eigenvalue weighted by atomic mass is 14.5.